The Kier molecular flexibility index (Phi) is 4.86. The summed E-state index contributed by atoms with van der Waals surface area (Å²) in [5.74, 6) is 0.872. The summed E-state index contributed by atoms with van der Waals surface area (Å²) in [5.41, 5.74) is 14.9. The third-order valence-electron chi connectivity index (χ3n) is 7.42. The van der Waals surface area contributed by atoms with E-state index in [-0.39, 0.29) is 11.5 Å². The summed E-state index contributed by atoms with van der Waals surface area (Å²) in [4.78, 5) is 2.49. The third-order valence-corrected chi connectivity index (χ3v) is 7.42. The van der Waals surface area contributed by atoms with Gasteiger partial charge in [0, 0.05) is 47.7 Å². The molecular weight excluding hydrogens is 384 g/mol. The van der Waals surface area contributed by atoms with Crippen molar-refractivity contribution in [2.24, 2.45) is 11.1 Å². The van der Waals surface area contributed by atoms with Crippen LogP contribution < -0.4 is 15.4 Å². The van der Waals surface area contributed by atoms with Gasteiger partial charge >= 0.3 is 0 Å². The minimum absolute atomic E-state index is 0.127. The Balaban J connectivity index is 1.45. The Hall–Kier alpha value is -3.05. The van der Waals surface area contributed by atoms with Crippen molar-refractivity contribution in [3.63, 3.8) is 0 Å². The van der Waals surface area contributed by atoms with Gasteiger partial charge in [0.2, 0.25) is 0 Å². The molecule has 31 heavy (non-hydrogen) atoms. The highest BCUT2D eigenvalue weighted by atomic mass is 16.5. The van der Waals surface area contributed by atoms with E-state index in [1.54, 1.807) is 7.11 Å². The fourth-order valence-electron chi connectivity index (χ4n) is 5.60. The van der Waals surface area contributed by atoms with Crippen molar-refractivity contribution < 1.29 is 4.74 Å². The van der Waals surface area contributed by atoms with Crippen LogP contribution in [0.5, 0.6) is 5.75 Å². The maximum Gasteiger partial charge on any atom is 0.122 e. The number of nitrogens with one attached hydrogen (secondary N) is 1. The van der Waals surface area contributed by atoms with E-state index in [2.05, 4.69) is 65.0 Å². The third kappa shape index (κ3) is 3.15. The number of rotatable bonds is 4. The lowest BCUT2D eigenvalue weighted by Gasteiger charge is -2.43. The summed E-state index contributed by atoms with van der Waals surface area (Å²) >= 11 is 0. The molecule has 1 saturated heterocycles. The maximum atomic E-state index is 6.78. The van der Waals surface area contributed by atoms with E-state index in [0.29, 0.717) is 0 Å². The van der Waals surface area contributed by atoms with Crippen LogP contribution >= 0.6 is 0 Å². The highest BCUT2D eigenvalue weighted by Crippen LogP contribution is 2.51. The lowest BCUT2D eigenvalue weighted by molar-refractivity contribution is 0.187. The van der Waals surface area contributed by atoms with Crippen LogP contribution in [0.4, 0.5) is 5.69 Å². The first-order valence-electron chi connectivity index (χ1n) is 11.0. The van der Waals surface area contributed by atoms with Crippen molar-refractivity contribution in [3.05, 3.63) is 83.2 Å². The summed E-state index contributed by atoms with van der Waals surface area (Å²) in [6, 6.07) is 15.0. The van der Waals surface area contributed by atoms with Crippen LogP contribution in [0.15, 0.2) is 55.2 Å². The van der Waals surface area contributed by atoms with Gasteiger partial charge in [0.25, 0.3) is 0 Å². The van der Waals surface area contributed by atoms with Gasteiger partial charge in [-0.25, -0.2) is 0 Å². The summed E-state index contributed by atoms with van der Waals surface area (Å²) in [7, 11) is 1.72. The number of methoxy groups -OCH3 is 1. The Morgan fingerprint density at radius 1 is 1.19 bits per heavy atom. The molecule has 1 aliphatic heterocycles. The van der Waals surface area contributed by atoms with E-state index >= 15 is 0 Å². The molecule has 0 amide bonds. The molecule has 2 aromatic carbocycles. The number of ether oxygens (including phenoxy) is 1. The number of anilines is 1. The topological polar surface area (TPSA) is 67.2 Å². The summed E-state index contributed by atoms with van der Waals surface area (Å²) in [6.45, 7) is 8.45. The zero-order chi connectivity index (χ0) is 21.6. The second kappa shape index (κ2) is 7.57. The van der Waals surface area contributed by atoms with Gasteiger partial charge in [-0.15, -0.1) is 0 Å². The maximum absolute atomic E-state index is 6.78. The first kappa shape index (κ1) is 19.9. The zero-order valence-corrected chi connectivity index (χ0v) is 18.3. The van der Waals surface area contributed by atoms with Crippen molar-refractivity contribution in [1.82, 2.24) is 10.2 Å². The van der Waals surface area contributed by atoms with E-state index in [1.165, 1.54) is 16.8 Å². The standard InChI is InChI=1S/C26H30N4O/c1-17(21-10-13-28-29-21)24-18(2)23(31-3)9-8-22(24)30-14-11-26(12-15-30)16-19-6-4-5-7-20(19)25(26)27/h4-10,13,25H,1,11-12,14-16,27H2,2-3H3,(H,28,29)/t25-/m1/s1. The lowest BCUT2D eigenvalue weighted by Crippen LogP contribution is -2.44. The lowest BCUT2D eigenvalue weighted by atomic mass is 9.73. The smallest absolute Gasteiger partial charge is 0.122 e. The average molecular weight is 415 g/mol. The van der Waals surface area contributed by atoms with Gasteiger partial charge in [-0.3, -0.25) is 5.10 Å². The molecule has 5 nitrogen and oxygen atoms in total. The summed E-state index contributed by atoms with van der Waals surface area (Å²) < 4.78 is 5.62. The Morgan fingerprint density at radius 3 is 2.65 bits per heavy atom. The summed E-state index contributed by atoms with van der Waals surface area (Å²) in [5, 5.41) is 7.27. The molecule has 1 fully saturated rings. The molecule has 0 bridgehead atoms. The fourth-order valence-corrected chi connectivity index (χ4v) is 5.60. The zero-order valence-electron chi connectivity index (χ0n) is 18.3. The minimum Gasteiger partial charge on any atom is -0.496 e. The number of hydrogen-bond acceptors (Lipinski definition) is 4. The first-order chi connectivity index (χ1) is 15.0. The van der Waals surface area contributed by atoms with Gasteiger partial charge in [0.1, 0.15) is 5.75 Å². The van der Waals surface area contributed by atoms with Crippen molar-refractivity contribution in [3.8, 4) is 5.75 Å². The number of fused-ring (bicyclic) bond motifs is 1. The highest BCUT2D eigenvalue weighted by molar-refractivity contribution is 5.87. The van der Waals surface area contributed by atoms with Crippen LogP contribution in [0.2, 0.25) is 0 Å². The van der Waals surface area contributed by atoms with E-state index in [0.717, 1.165) is 60.5 Å². The molecule has 160 valence electrons. The largest absolute Gasteiger partial charge is 0.496 e. The van der Waals surface area contributed by atoms with Crippen LogP contribution in [0.1, 0.15) is 46.8 Å². The predicted octanol–water partition coefficient (Wildman–Crippen LogP) is 4.63. The molecule has 3 aromatic rings. The number of piperidine rings is 1. The van der Waals surface area contributed by atoms with Gasteiger partial charge in [0.15, 0.2) is 0 Å². The van der Waals surface area contributed by atoms with Gasteiger partial charge in [-0.1, -0.05) is 30.8 Å². The van der Waals surface area contributed by atoms with Gasteiger partial charge in [-0.05, 0) is 60.9 Å². The van der Waals surface area contributed by atoms with E-state index in [9.17, 15) is 0 Å². The second-order valence-corrected chi connectivity index (χ2v) is 8.93. The number of nitrogens with two attached hydrogens (primary N) is 1. The van der Waals surface area contributed by atoms with Crippen LogP contribution in [-0.2, 0) is 6.42 Å². The first-order valence-corrected chi connectivity index (χ1v) is 11.0. The van der Waals surface area contributed by atoms with Gasteiger partial charge in [-0.2, -0.15) is 5.10 Å². The van der Waals surface area contributed by atoms with Gasteiger partial charge < -0.3 is 15.4 Å². The highest BCUT2D eigenvalue weighted by Gasteiger charge is 2.46. The number of nitrogens with zero attached hydrogens (tertiary/aromatic N) is 2. The van der Waals surface area contributed by atoms with Crippen molar-refractivity contribution >= 4 is 11.3 Å². The fraction of sp³-hybridized carbons (Fsp3) is 0.346. The molecule has 3 N–H and O–H groups in total. The molecule has 2 aliphatic rings. The number of aromatic nitrogens is 2. The average Bonchev–Trinajstić information content (AvgIpc) is 3.42. The molecule has 1 atom stereocenters. The molecule has 5 heteroatoms. The molecule has 0 unspecified atom stereocenters. The van der Waals surface area contributed by atoms with Crippen molar-refractivity contribution in [2.75, 3.05) is 25.1 Å². The SMILES string of the molecule is C=C(c1cc[nH]n1)c1c(N2CCC3(CC2)Cc2ccccc2[C@H]3N)ccc(OC)c1C. The molecule has 1 aromatic heterocycles. The van der Waals surface area contributed by atoms with Gasteiger partial charge in [0.05, 0.1) is 12.8 Å². The second-order valence-electron chi connectivity index (χ2n) is 8.93. The number of hydrogen-bond donors (Lipinski definition) is 2. The Morgan fingerprint density at radius 2 is 1.97 bits per heavy atom. The van der Waals surface area contributed by atoms with Crippen LogP contribution in [0.3, 0.4) is 0 Å². The molecule has 5 rings (SSSR count). The van der Waals surface area contributed by atoms with Crippen LogP contribution in [0, 0.1) is 12.3 Å². The molecule has 2 heterocycles. The summed E-state index contributed by atoms with van der Waals surface area (Å²) in [6.07, 6.45) is 5.09. The molecule has 1 aliphatic carbocycles. The quantitative estimate of drug-likeness (QED) is 0.653. The molecular formula is C26H30N4O. The normalized spacial score (nSPS) is 19.5. The minimum atomic E-state index is 0.127. The van der Waals surface area contributed by atoms with Crippen molar-refractivity contribution in [2.45, 2.75) is 32.2 Å². The molecule has 1 spiro atoms. The molecule has 0 radical (unpaired) electrons. The Bertz CT molecular complexity index is 1110. The van der Waals surface area contributed by atoms with E-state index < -0.39 is 0 Å². The molecule has 0 saturated carbocycles. The number of aromatic amines is 1. The van der Waals surface area contributed by atoms with E-state index in [1.807, 2.05) is 12.3 Å². The predicted molar refractivity (Wildman–Crippen MR) is 125 cm³/mol. The monoisotopic (exact) mass is 414 g/mol. The number of H-pyrrole nitrogens is 1. The van der Waals surface area contributed by atoms with Crippen molar-refractivity contribution in [1.29, 1.82) is 0 Å². The number of benzene rings is 2. The van der Waals surface area contributed by atoms with Crippen LogP contribution in [0.25, 0.3) is 5.57 Å². The Labute approximate surface area is 183 Å². The van der Waals surface area contributed by atoms with Crippen LogP contribution in [-0.4, -0.2) is 30.4 Å². The van der Waals surface area contributed by atoms with E-state index in [4.69, 9.17) is 10.5 Å².